The molecule has 0 aliphatic carbocycles. The number of hydrogen-bond acceptors (Lipinski definition) is 3. The van der Waals surface area contributed by atoms with Gasteiger partial charge in [-0.15, -0.1) is 0 Å². The van der Waals surface area contributed by atoms with Crippen molar-refractivity contribution >= 4 is 5.97 Å². The summed E-state index contributed by atoms with van der Waals surface area (Å²) in [5.41, 5.74) is 0. The van der Waals surface area contributed by atoms with Crippen LogP contribution in [0.4, 0.5) is 0 Å². The molecule has 0 aliphatic heterocycles. The number of carboxylic acid groups (broad SMARTS) is 1. The first-order chi connectivity index (χ1) is 2.81. The van der Waals surface area contributed by atoms with Gasteiger partial charge in [-0.05, 0) is 0 Å². The Morgan fingerprint density at radius 3 is 2.80 bits per heavy atom. The molecule has 0 radical (unpaired) electrons. The summed E-state index contributed by atoms with van der Waals surface area (Å²) in [6.45, 7) is -0.719. The van der Waals surface area contributed by atoms with Gasteiger partial charge in [0, 0.05) is 0 Å². The molecular formula is C2H4O3. The zero-order valence-corrected chi connectivity index (χ0v) is 2.47. The highest BCUT2D eigenvalue weighted by Gasteiger charge is 1.82. The largest absolute Gasteiger partial charge is 0.480 e. The third-order valence-corrected chi connectivity index (χ3v) is 0.129. The third kappa shape index (κ3) is 3.43. The number of hydrogen-bond donors (Lipinski definition) is 2. The summed E-state index contributed by atoms with van der Waals surface area (Å²) < 4.78 is 5.80. The van der Waals surface area contributed by atoms with Crippen LogP contribution >= 0.6 is 0 Å². The summed E-state index contributed by atoms with van der Waals surface area (Å²) in [5.74, 6) is -0.935. The van der Waals surface area contributed by atoms with Crippen molar-refractivity contribution < 1.29 is 15.0 Å². The number of aliphatic carboxylic acids is 1. The van der Waals surface area contributed by atoms with E-state index in [-0.39, 0.29) is 0 Å². The van der Waals surface area contributed by atoms with Crippen LogP contribution in [0.3, 0.4) is 0 Å². The molecule has 0 aromatic rings. The van der Waals surface area contributed by atoms with Crippen molar-refractivity contribution in [3.05, 3.63) is 0 Å². The molecule has 0 heterocycles. The topological polar surface area (TPSA) is 57.5 Å². The second-order valence-corrected chi connectivity index (χ2v) is 0.530. The summed E-state index contributed by atoms with van der Waals surface area (Å²) >= 11 is 0. The highest BCUT2D eigenvalue weighted by molar-refractivity contribution is 5.67. The van der Waals surface area contributed by atoms with E-state index >= 15 is 0 Å². The van der Waals surface area contributed by atoms with Crippen LogP contribution < -0.4 is 0 Å². The minimum absolute atomic E-state index is 0.719. The molecule has 0 atom stereocenters. The van der Waals surface area contributed by atoms with E-state index in [2.05, 4.69) is 5.11 Å². The second-order valence-electron chi connectivity index (χ2n) is 0.530. The lowest BCUT2D eigenvalue weighted by Gasteiger charge is -1.72. The smallest absolute Gasteiger partial charge is 0.329 e. The van der Waals surface area contributed by atoms with Gasteiger partial charge in [0.25, 0.3) is 1.43 Å². The van der Waals surface area contributed by atoms with Gasteiger partial charge in [-0.25, -0.2) is 4.79 Å². The van der Waals surface area contributed by atoms with E-state index in [0.29, 0.717) is 0 Å². The Hall–Kier alpha value is -0.570. The minimum Gasteiger partial charge on any atom is -0.480 e. The molecule has 0 aromatic carbocycles. The van der Waals surface area contributed by atoms with E-state index in [9.17, 15) is 4.79 Å². The minimum atomic E-state index is -0.935. The standard InChI is InChI=1S/C2H4O3/c3-1-2(4)5/h3H,1H2,(H,4,5)/i/hD. The Morgan fingerprint density at radius 1 is 2.20 bits per heavy atom. The molecule has 0 bridgehead atoms. The Labute approximate surface area is 30.3 Å². The number of carboxylic acids is 1. The molecule has 0 fully saturated rings. The first-order valence-electron chi connectivity index (χ1n) is 1.49. The van der Waals surface area contributed by atoms with Crippen molar-refractivity contribution in [3.8, 4) is 0 Å². The van der Waals surface area contributed by atoms with E-state index < -0.39 is 12.6 Å². The quantitative estimate of drug-likeness (QED) is 0.425. The van der Waals surface area contributed by atoms with Gasteiger partial charge in [0.1, 0.15) is 6.61 Å². The molecule has 2 N–H and O–H groups in total. The summed E-state index contributed by atoms with van der Waals surface area (Å²) in [4.78, 5) is 9.52. The molecule has 0 aliphatic rings. The first-order valence-corrected chi connectivity index (χ1v) is 1.08. The highest BCUT2D eigenvalue weighted by Crippen LogP contribution is 1.48. The van der Waals surface area contributed by atoms with Crippen LogP contribution in [0.15, 0.2) is 0 Å². The zero-order chi connectivity index (χ0) is 4.99. The Bertz CT molecular complexity index is 46.8. The number of aliphatic hydroxyl groups excluding tert-OH is 1. The van der Waals surface area contributed by atoms with Crippen LogP contribution in [0.1, 0.15) is 0 Å². The first kappa shape index (κ1) is 2.66. The van der Waals surface area contributed by atoms with Gasteiger partial charge in [-0.3, -0.25) is 0 Å². The van der Waals surface area contributed by atoms with E-state index in [4.69, 9.17) is 6.54 Å². The molecule has 0 aromatic heterocycles. The molecule has 3 nitrogen and oxygen atoms in total. The van der Waals surface area contributed by atoms with Gasteiger partial charge in [0.2, 0.25) is 0 Å². The fraction of sp³-hybridized carbons (Fsp3) is 0.500. The van der Waals surface area contributed by atoms with Crippen LogP contribution in [0.5, 0.6) is 0 Å². The lowest BCUT2D eigenvalue weighted by Crippen LogP contribution is -1.98. The van der Waals surface area contributed by atoms with Crippen LogP contribution in [0.2, 0.25) is 0 Å². The number of carbonyl (C=O) groups is 1. The zero-order valence-electron chi connectivity index (χ0n) is 3.47. The van der Waals surface area contributed by atoms with Crippen molar-refractivity contribution in [2.75, 3.05) is 6.61 Å². The maximum Gasteiger partial charge on any atom is 0.329 e. The van der Waals surface area contributed by atoms with Gasteiger partial charge >= 0.3 is 5.97 Å². The normalized spacial score (nSPS) is 9.40. The Kier molecular flexibility index (Phi) is 0.914. The Morgan fingerprint density at radius 2 is 2.80 bits per heavy atom. The summed E-state index contributed by atoms with van der Waals surface area (Å²) in [6.07, 6.45) is 0. The van der Waals surface area contributed by atoms with Crippen molar-refractivity contribution in [3.63, 3.8) is 0 Å². The molecule has 0 saturated carbocycles. The van der Waals surface area contributed by atoms with Crippen LogP contribution in [-0.4, -0.2) is 22.8 Å². The SMILES string of the molecule is [2H]OC(=O)CO. The second kappa shape index (κ2) is 1.72. The molecule has 30 valence electrons. The lowest BCUT2D eigenvalue weighted by molar-refractivity contribution is -0.140. The lowest BCUT2D eigenvalue weighted by atomic mass is 10.8. The molecular weight excluding hydrogens is 72.0 g/mol. The molecule has 0 rings (SSSR count). The molecule has 3 heteroatoms. The van der Waals surface area contributed by atoms with Gasteiger partial charge < -0.3 is 10.2 Å². The van der Waals surface area contributed by atoms with Gasteiger partial charge in [0.05, 0.1) is 0 Å². The van der Waals surface area contributed by atoms with Gasteiger partial charge in [-0.2, -0.15) is 0 Å². The maximum atomic E-state index is 9.52. The molecule has 0 amide bonds. The van der Waals surface area contributed by atoms with Crippen LogP contribution in [0, 0.1) is 0 Å². The predicted molar refractivity (Wildman–Crippen MR) is 14.7 cm³/mol. The van der Waals surface area contributed by atoms with Crippen LogP contribution in [-0.2, 0) is 4.79 Å². The summed E-state index contributed by atoms with van der Waals surface area (Å²) in [6, 6.07) is 0. The Balaban J connectivity index is 2.99. The van der Waals surface area contributed by atoms with Gasteiger partial charge in [0.15, 0.2) is 0 Å². The molecule has 0 saturated heterocycles. The molecule has 0 unspecified atom stereocenters. The molecule has 5 heavy (non-hydrogen) atoms. The number of rotatable bonds is 1. The van der Waals surface area contributed by atoms with E-state index in [1.807, 2.05) is 0 Å². The van der Waals surface area contributed by atoms with E-state index in [0.717, 1.165) is 0 Å². The molecule has 0 spiro atoms. The fourth-order valence-electron chi connectivity index (χ4n) is 0. The maximum absolute atomic E-state index is 9.52. The van der Waals surface area contributed by atoms with Crippen molar-refractivity contribution in [2.24, 2.45) is 0 Å². The van der Waals surface area contributed by atoms with Crippen molar-refractivity contribution in [1.29, 1.82) is 1.43 Å². The summed E-state index contributed by atoms with van der Waals surface area (Å²) in [7, 11) is 0. The van der Waals surface area contributed by atoms with E-state index in [1.165, 1.54) is 0 Å². The highest BCUT2D eigenvalue weighted by atomic mass is 16.4. The van der Waals surface area contributed by atoms with Gasteiger partial charge in [-0.1, -0.05) is 0 Å². The predicted octanol–water partition coefficient (Wildman–Crippen LogP) is -0.937. The monoisotopic (exact) mass is 77.0 g/mol. The average molecular weight is 77.1 g/mol. The average Bonchev–Trinajstić information content (AvgIpc) is 1.65. The van der Waals surface area contributed by atoms with E-state index in [1.54, 1.807) is 0 Å². The van der Waals surface area contributed by atoms with Crippen LogP contribution in [0.25, 0.3) is 1.43 Å². The third-order valence-electron chi connectivity index (χ3n) is 0.129. The van der Waals surface area contributed by atoms with Crippen molar-refractivity contribution in [2.45, 2.75) is 0 Å². The number of aliphatic hydroxyl groups is 1. The van der Waals surface area contributed by atoms with Crippen molar-refractivity contribution in [1.82, 2.24) is 0 Å². The fourth-order valence-corrected chi connectivity index (χ4v) is 0. The summed E-state index contributed by atoms with van der Waals surface area (Å²) in [5, 5.41) is 11.0.